The minimum absolute atomic E-state index is 0.00201. The number of hydrogen-bond donors (Lipinski definition) is 2. The molecule has 3 N–H and O–H groups in total. The van der Waals surface area contributed by atoms with E-state index in [2.05, 4.69) is 0 Å². The van der Waals surface area contributed by atoms with Crippen molar-refractivity contribution in [1.29, 1.82) is 0 Å². The number of rotatable bonds is 4. The molecule has 3 atom stereocenters. The number of phenolic OH excluding ortho intramolecular Hbond substituents is 1. The van der Waals surface area contributed by atoms with Crippen molar-refractivity contribution in [2.75, 3.05) is 13.1 Å². The Morgan fingerprint density at radius 2 is 1.73 bits per heavy atom. The highest BCUT2D eigenvalue weighted by Gasteiger charge is 2.51. The molecule has 3 aromatic carbocycles. The van der Waals surface area contributed by atoms with Crippen LogP contribution in [0.2, 0.25) is 0 Å². The number of nitrogens with two attached hydrogens (primary N) is 1. The second kappa shape index (κ2) is 8.33. The molecule has 0 bridgehead atoms. The molecule has 7 heteroatoms. The fourth-order valence-corrected chi connectivity index (χ4v) is 5.01. The van der Waals surface area contributed by atoms with Gasteiger partial charge < -0.3 is 20.6 Å². The van der Waals surface area contributed by atoms with Gasteiger partial charge in [0, 0.05) is 12.1 Å². The van der Waals surface area contributed by atoms with Crippen LogP contribution in [0.3, 0.4) is 0 Å². The summed E-state index contributed by atoms with van der Waals surface area (Å²) in [5.41, 5.74) is 7.55. The van der Waals surface area contributed by atoms with Gasteiger partial charge in [-0.2, -0.15) is 0 Å². The third-order valence-electron chi connectivity index (χ3n) is 6.67. The van der Waals surface area contributed by atoms with Gasteiger partial charge >= 0.3 is 0 Å². The monoisotopic (exact) mass is 443 g/mol. The molecule has 0 spiro atoms. The zero-order chi connectivity index (χ0) is 23.1. The molecule has 0 saturated carbocycles. The number of ketones is 1. The molecule has 5 rings (SSSR count). The molecule has 2 saturated heterocycles. The van der Waals surface area contributed by atoms with Gasteiger partial charge in [0.05, 0.1) is 18.6 Å². The smallest absolute Gasteiger partial charge is 0.254 e. The molecule has 0 aromatic heterocycles. The second-order valence-corrected chi connectivity index (χ2v) is 8.77. The highest BCUT2D eigenvalue weighted by atomic mass is 16.3. The molecule has 2 heterocycles. The Kier molecular flexibility index (Phi) is 5.34. The number of hydrogen-bond acceptors (Lipinski definition) is 5. The summed E-state index contributed by atoms with van der Waals surface area (Å²) < 4.78 is 0. The molecular formula is C26H25N3O4. The van der Waals surface area contributed by atoms with Crippen molar-refractivity contribution >= 4 is 28.4 Å². The molecule has 2 amide bonds. The van der Waals surface area contributed by atoms with Crippen LogP contribution in [0.15, 0.2) is 66.7 Å². The van der Waals surface area contributed by atoms with Crippen LogP contribution >= 0.6 is 0 Å². The fraction of sp³-hybridized carbons (Fsp3) is 0.269. The number of nitrogens with zero attached hydrogens (tertiary/aromatic N) is 2. The van der Waals surface area contributed by atoms with E-state index in [1.54, 1.807) is 40.1 Å². The number of fused-ring (bicyclic) bond motifs is 2. The Balaban J connectivity index is 1.31. The number of amides is 2. The average Bonchev–Trinajstić information content (AvgIpc) is 3.40. The van der Waals surface area contributed by atoms with Gasteiger partial charge in [-0.05, 0) is 53.4 Å². The van der Waals surface area contributed by atoms with Crippen LogP contribution < -0.4 is 5.73 Å². The van der Waals surface area contributed by atoms with E-state index >= 15 is 0 Å². The molecule has 2 fully saturated rings. The second-order valence-electron chi connectivity index (χ2n) is 8.77. The van der Waals surface area contributed by atoms with Gasteiger partial charge in [0.25, 0.3) is 5.91 Å². The van der Waals surface area contributed by atoms with Crippen LogP contribution in [0.25, 0.3) is 10.8 Å². The first-order chi connectivity index (χ1) is 15.9. The summed E-state index contributed by atoms with van der Waals surface area (Å²) in [7, 11) is 0. The molecule has 168 valence electrons. The summed E-state index contributed by atoms with van der Waals surface area (Å²) in [4.78, 5) is 42.4. The molecule has 2 aliphatic rings. The van der Waals surface area contributed by atoms with E-state index in [9.17, 15) is 19.5 Å². The largest absolute Gasteiger partial charge is 0.508 e. The lowest BCUT2D eigenvalue weighted by molar-refractivity contribution is -0.137. The van der Waals surface area contributed by atoms with Crippen molar-refractivity contribution in [2.45, 2.75) is 31.0 Å². The first-order valence-corrected chi connectivity index (χ1v) is 11.1. The third kappa shape index (κ3) is 3.85. The van der Waals surface area contributed by atoms with Crippen LogP contribution in [-0.2, 0) is 16.0 Å². The van der Waals surface area contributed by atoms with Crippen LogP contribution in [0.5, 0.6) is 5.75 Å². The molecule has 0 radical (unpaired) electrons. The Hall–Kier alpha value is -3.71. The summed E-state index contributed by atoms with van der Waals surface area (Å²) >= 11 is 0. The standard InChI is InChI=1S/C26H25N3O4/c27-21(13-16-5-9-20(30)10-6-16)26(33)28-12-11-22-24(28)23(31)15-29(22)25(32)19-8-7-17-3-1-2-4-18(17)14-19/h1-10,14,21-22,24,30H,11-13,15,27H2/t21-,22?,24?/m0/s1. The van der Waals surface area contributed by atoms with E-state index in [0.717, 1.165) is 16.3 Å². The van der Waals surface area contributed by atoms with E-state index in [1.165, 1.54) is 0 Å². The van der Waals surface area contributed by atoms with Gasteiger partial charge in [0.1, 0.15) is 11.8 Å². The highest BCUT2D eigenvalue weighted by Crippen LogP contribution is 2.32. The van der Waals surface area contributed by atoms with Crippen LogP contribution in [0, 0.1) is 0 Å². The van der Waals surface area contributed by atoms with Crippen molar-refractivity contribution in [3.63, 3.8) is 0 Å². The number of phenols is 1. The quantitative estimate of drug-likeness (QED) is 0.643. The van der Waals surface area contributed by atoms with E-state index in [4.69, 9.17) is 5.73 Å². The van der Waals surface area contributed by atoms with Crippen molar-refractivity contribution in [1.82, 2.24) is 9.80 Å². The maximum absolute atomic E-state index is 13.3. The molecule has 2 aliphatic heterocycles. The molecule has 7 nitrogen and oxygen atoms in total. The summed E-state index contributed by atoms with van der Waals surface area (Å²) in [5, 5.41) is 11.4. The number of benzene rings is 3. The van der Waals surface area contributed by atoms with Crippen LogP contribution in [0.1, 0.15) is 22.3 Å². The molecule has 3 aromatic rings. The molecule has 33 heavy (non-hydrogen) atoms. The minimum Gasteiger partial charge on any atom is -0.508 e. The van der Waals surface area contributed by atoms with Gasteiger partial charge in [-0.15, -0.1) is 0 Å². The number of carbonyl (C=O) groups excluding carboxylic acids is 3. The van der Waals surface area contributed by atoms with Gasteiger partial charge in [-0.25, -0.2) is 0 Å². The summed E-state index contributed by atoms with van der Waals surface area (Å²) in [6.45, 7) is 0.392. The van der Waals surface area contributed by atoms with E-state index in [-0.39, 0.29) is 35.9 Å². The number of likely N-dealkylation sites (tertiary alicyclic amines) is 2. The third-order valence-corrected chi connectivity index (χ3v) is 6.67. The lowest BCUT2D eigenvalue weighted by Crippen LogP contribution is -2.50. The topological polar surface area (TPSA) is 104 Å². The van der Waals surface area contributed by atoms with Crippen molar-refractivity contribution in [3.05, 3.63) is 77.9 Å². The molecule has 2 unspecified atom stereocenters. The highest BCUT2D eigenvalue weighted by molar-refractivity contribution is 6.04. The van der Waals surface area contributed by atoms with Crippen molar-refractivity contribution in [2.24, 2.45) is 5.73 Å². The zero-order valence-corrected chi connectivity index (χ0v) is 18.1. The van der Waals surface area contributed by atoms with Gasteiger partial charge in [-0.3, -0.25) is 14.4 Å². The SMILES string of the molecule is N[C@@H](Cc1ccc(O)cc1)C(=O)N1CCC2C1C(=O)CN2C(=O)c1ccc2ccccc2c1. The van der Waals surface area contributed by atoms with Crippen molar-refractivity contribution in [3.8, 4) is 5.75 Å². The van der Waals surface area contributed by atoms with E-state index in [1.807, 2.05) is 36.4 Å². The molecular weight excluding hydrogens is 418 g/mol. The lowest BCUT2D eigenvalue weighted by atomic mass is 10.0. The number of Topliss-reactive ketones (excluding diaryl/α,β-unsaturated/α-hetero) is 1. The van der Waals surface area contributed by atoms with Crippen LogP contribution in [-0.4, -0.2) is 63.7 Å². The Bertz CT molecular complexity index is 1240. The van der Waals surface area contributed by atoms with E-state index < -0.39 is 12.1 Å². The Morgan fingerprint density at radius 1 is 1.00 bits per heavy atom. The first kappa shape index (κ1) is 21.2. The fourth-order valence-electron chi connectivity index (χ4n) is 5.01. The summed E-state index contributed by atoms with van der Waals surface area (Å²) in [6.07, 6.45) is 0.855. The predicted molar refractivity (Wildman–Crippen MR) is 124 cm³/mol. The summed E-state index contributed by atoms with van der Waals surface area (Å²) in [6, 6.07) is 18.1. The number of carbonyl (C=O) groups is 3. The Labute approximate surface area is 191 Å². The molecule has 0 aliphatic carbocycles. The normalized spacial score (nSPS) is 20.8. The Morgan fingerprint density at radius 3 is 2.48 bits per heavy atom. The van der Waals surface area contributed by atoms with Crippen LogP contribution in [0.4, 0.5) is 0 Å². The van der Waals surface area contributed by atoms with Gasteiger partial charge in [0.2, 0.25) is 5.91 Å². The van der Waals surface area contributed by atoms with Gasteiger partial charge in [-0.1, -0.05) is 42.5 Å². The summed E-state index contributed by atoms with van der Waals surface area (Å²) in [5.74, 6) is -0.459. The lowest BCUT2D eigenvalue weighted by Gasteiger charge is -2.26. The van der Waals surface area contributed by atoms with Crippen molar-refractivity contribution < 1.29 is 19.5 Å². The minimum atomic E-state index is -0.800. The zero-order valence-electron chi connectivity index (χ0n) is 18.1. The maximum Gasteiger partial charge on any atom is 0.254 e. The maximum atomic E-state index is 13.3. The van der Waals surface area contributed by atoms with Gasteiger partial charge in [0.15, 0.2) is 5.78 Å². The number of aromatic hydroxyl groups is 1. The average molecular weight is 444 g/mol. The van der Waals surface area contributed by atoms with E-state index in [0.29, 0.717) is 24.9 Å². The predicted octanol–water partition coefficient (Wildman–Crippen LogP) is 2.11. The first-order valence-electron chi connectivity index (χ1n) is 11.1.